The van der Waals surface area contributed by atoms with Crippen LogP contribution in [0.1, 0.15) is 28.8 Å². The zero-order valence-corrected chi connectivity index (χ0v) is 19.6. The number of hydrogen-bond donors (Lipinski definition) is 0. The zero-order chi connectivity index (χ0) is 23.3. The fraction of sp³-hybridized carbons (Fsp3) is 0.227. The Morgan fingerprint density at radius 2 is 2.09 bits per heavy atom. The summed E-state index contributed by atoms with van der Waals surface area (Å²) in [7, 11) is 1.23. The molecular formula is C22H18BrNO7S. The summed E-state index contributed by atoms with van der Waals surface area (Å²) in [5.41, 5.74) is 0.629. The second-order valence-corrected chi connectivity index (χ2v) is 8.13. The first-order valence-electron chi connectivity index (χ1n) is 9.32. The SMILES string of the molecule is C#CCOc1c(Br)cc(/C=C2/SC(=O)N(Cc3ccc(C(=O)OC)o3)C2=O)cc1OCC. The minimum atomic E-state index is -0.643. The molecule has 166 valence electrons. The molecule has 1 aromatic carbocycles. The van der Waals surface area contributed by atoms with Crippen LogP contribution < -0.4 is 9.47 Å². The summed E-state index contributed by atoms with van der Waals surface area (Å²) in [5, 5.41) is -0.449. The molecule has 0 radical (unpaired) electrons. The van der Waals surface area contributed by atoms with E-state index in [0.717, 1.165) is 16.7 Å². The van der Waals surface area contributed by atoms with E-state index in [2.05, 4.69) is 26.6 Å². The van der Waals surface area contributed by atoms with Crippen molar-refractivity contribution in [1.82, 2.24) is 4.90 Å². The van der Waals surface area contributed by atoms with Crippen LogP contribution >= 0.6 is 27.7 Å². The third kappa shape index (κ3) is 5.18. The van der Waals surface area contributed by atoms with E-state index in [0.29, 0.717) is 28.1 Å². The Kier molecular flexibility index (Phi) is 7.66. The van der Waals surface area contributed by atoms with Crippen LogP contribution in [0.3, 0.4) is 0 Å². The fourth-order valence-corrected chi connectivity index (χ4v) is 4.22. The third-order valence-electron chi connectivity index (χ3n) is 4.17. The number of imide groups is 1. The molecule has 0 aliphatic carbocycles. The highest BCUT2D eigenvalue weighted by Crippen LogP contribution is 2.39. The molecule has 0 atom stereocenters. The predicted octanol–water partition coefficient (Wildman–Crippen LogP) is 4.48. The van der Waals surface area contributed by atoms with Crippen molar-refractivity contribution >= 4 is 50.9 Å². The van der Waals surface area contributed by atoms with Crippen molar-refractivity contribution in [1.29, 1.82) is 0 Å². The van der Waals surface area contributed by atoms with Gasteiger partial charge in [-0.15, -0.1) is 6.42 Å². The summed E-state index contributed by atoms with van der Waals surface area (Å²) in [6.07, 6.45) is 6.85. The van der Waals surface area contributed by atoms with Gasteiger partial charge in [0.1, 0.15) is 12.4 Å². The number of hydrogen-bond acceptors (Lipinski definition) is 8. The van der Waals surface area contributed by atoms with Gasteiger partial charge in [-0.25, -0.2) is 4.79 Å². The number of carbonyl (C=O) groups excluding carboxylic acids is 3. The monoisotopic (exact) mass is 519 g/mol. The van der Waals surface area contributed by atoms with Crippen LogP contribution in [0.2, 0.25) is 0 Å². The summed E-state index contributed by atoms with van der Waals surface area (Å²) < 4.78 is 21.7. The molecule has 3 rings (SSSR count). The normalized spacial score (nSPS) is 14.6. The first-order valence-corrected chi connectivity index (χ1v) is 10.9. The molecule has 0 N–H and O–H groups in total. The van der Waals surface area contributed by atoms with E-state index in [-0.39, 0.29) is 29.6 Å². The summed E-state index contributed by atoms with van der Waals surface area (Å²) in [5.74, 6) is 2.46. The highest BCUT2D eigenvalue weighted by molar-refractivity contribution is 9.10. The lowest BCUT2D eigenvalue weighted by Gasteiger charge is -2.13. The minimum absolute atomic E-state index is 0.00883. The van der Waals surface area contributed by atoms with Crippen LogP contribution in [0.4, 0.5) is 4.79 Å². The van der Waals surface area contributed by atoms with Gasteiger partial charge < -0.3 is 18.6 Å². The Morgan fingerprint density at radius 1 is 1.31 bits per heavy atom. The fourth-order valence-electron chi connectivity index (χ4n) is 2.80. The summed E-state index contributed by atoms with van der Waals surface area (Å²) >= 11 is 4.24. The van der Waals surface area contributed by atoms with Crippen LogP contribution in [0.25, 0.3) is 6.08 Å². The van der Waals surface area contributed by atoms with Gasteiger partial charge in [-0.05, 0) is 70.5 Å². The summed E-state index contributed by atoms with van der Waals surface area (Å²) in [6.45, 7) is 2.19. The van der Waals surface area contributed by atoms with Gasteiger partial charge in [-0.2, -0.15) is 0 Å². The van der Waals surface area contributed by atoms with Crippen molar-refractivity contribution in [2.75, 3.05) is 20.3 Å². The molecule has 1 aliphatic rings. The lowest BCUT2D eigenvalue weighted by molar-refractivity contribution is -0.123. The van der Waals surface area contributed by atoms with Crippen molar-refractivity contribution in [2.45, 2.75) is 13.5 Å². The standard InChI is InChI=1S/C22H18BrNO7S/c1-4-8-30-19-15(23)9-13(10-17(19)29-5-2)11-18-20(25)24(22(27)32-18)12-14-6-7-16(31-14)21(26)28-3/h1,6-7,9-11H,5,8,12H2,2-3H3/b18-11+. The van der Waals surface area contributed by atoms with E-state index in [4.69, 9.17) is 20.3 Å². The van der Waals surface area contributed by atoms with Crippen LogP contribution in [0.15, 0.2) is 38.1 Å². The maximum absolute atomic E-state index is 12.8. The van der Waals surface area contributed by atoms with Crippen LogP contribution in [0, 0.1) is 12.3 Å². The first-order chi connectivity index (χ1) is 15.4. The minimum Gasteiger partial charge on any atom is -0.490 e. The number of terminal acetylenes is 1. The largest absolute Gasteiger partial charge is 0.490 e. The van der Waals surface area contributed by atoms with E-state index in [1.54, 1.807) is 18.2 Å². The molecule has 1 fully saturated rings. The average Bonchev–Trinajstić information content (AvgIpc) is 3.33. The van der Waals surface area contributed by atoms with Gasteiger partial charge >= 0.3 is 5.97 Å². The Morgan fingerprint density at radius 3 is 2.78 bits per heavy atom. The number of halogens is 1. The maximum Gasteiger partial charge on any atom is 0.373 e. The average molecular weight is 520 g/mol. The topological polar surface area (TPSA) is 95.3 Å². The Balaban J connectivity index is 1.83. The number of benzene rings is 1. The molecule has 1 aliphatic heterocycles. The predicted molar refractivity (Wildman–Crippen MR) is 121 cm³/mol. The van der Waals surface area contributed by atoms with E-state index in [9.17, 15) is 14.4 Å². The second kappa shape index (κ2) is 10.4. The van der Waals surface area contributed by atoms with Crippen molar-refractivity contribution in [3.63, 3.8) is 0 Å². The van der Waals surface area contributed by atoms with Crippen molar-refractivity contribution in [2.24, 2.45) is 0 Å². The van der Waals surface area contributed by atoms with Gasteiger partial charge in [0, 0.05) is 0 Å². The highest BCUT2D eigenvalue weighted by Gasteiger charge is 2.36. The number of carbonyl (C=O) groups is 3. The number of amides is 2. The first kappa shape index (κ1) is 23.5. The van der Waals surface area contributed by atoms with Gasteiger partial charge in [0.05, 0.1) is 29.6 Å². The molecule has 0 spiro atoms. The number of ether oxygens (including phenoxy) is 3. The van der Waals surface area contributed by atoms with Gasteiger partial charge in [0.15, 0.2) is 11.5 Å². The smallest absolute Gasteiger partial charge is 0.373 e. The van der Waals surface area contributed by atoms with E-state index >= 15 is 0 Å². The lowest BCUT2D eigenvalue weighted by atomic mass is 10.2. The van der Waals surface area contributed by atoms with Gasteiger partial charge in [0.25, 0.3) is 11.1 Å². The molecule has 0 bridgehead atoms. The molecule has 0 saturated carbocycles. The summed E-state index contributed by atoms with van der Waals surface area (Å²) in [6, 6.07) is 6.37. The molecule has 1 aromatic heterocycles. The third-order valence-corrected chi connectivity index (χ3v) is 5.66. The second-order valence-electron chi connectivity index (χ2n) is 6.28. The molecule has 1 saturated heterocycles. The van der Waals surface area contributed by atoms with Crippen LogP contribution in [-0.2, 0) is 16.1 Å². The number of nitrogens with zero attached hydrogens (tertiary/aromatic N) is 1. The summed E-state index contributed by atoms with van der Waals surface area (Å²) in [4.78, 5) is 38.0. The number of methoxy groups -OCH3 is 1. The molecule has 10 heteroatoms. The van der Waals surface area contributed by atoms with Crippen molar-refractivity contribution < 1.29 is 33.0 Å². The highest BCUT2D eigenvalue weighted by atomic mass is 79.9. The van der Waals surface area contributed by atoms with Gasteiger partial charge in [-0.3, -0.25) is 14.5 Å². The van der Waals surface area contributed by atoms with E-state index in [1.165, 1.54) is 19.2 Å². The van der Waals surface area contributed by atoms with Crippen LogP contribution in [-0.4, -0.2) is 42.3 Å². The zero-order valence-electron chi connectivity index (χ0n) is 17.2. The maximum atomic E-state index is 12.8. The molecule has 2 heterocycles. The van der Waals surface area contributed by atoms with E-state index in [1.807, 2.05) is 6.92 Å². The molecule has 8 nitrogen and oxygen atoms in total. The Labute approximate surface area is 197 Å². The lowest BCUT2D eigenvalue weighted by Crippen LogP contribution is -2.27. The number of rotatable bonds is 8. The number of furan rings is 1. The van der Waals surface area contributed by atoms with Crippen molar-refractivity contribution in [3.8, 4) is 23.8 Å². The molecule has 32 heavy (non-hydrogen) atoms. The molecule has 2 aromatic rings. The van der Waals surface area contributed by atoms with Crippen molar-refractivity contribution in [3.05, 3.63) is 50.7 Å². The van der Waals surface area contributed by atoms with Gasteiger partial charge in [-0.1, -0.05) is 5.92 Å². The molecule has 2 amide bonds. The van der Waals surface area contributed by atoms with E-state index < -0.39 is 17.1 Å². The Bertz CT molecular complexity index is 1130. The van der Waals surface area contributed by atoms with Crippen LogP contribution in [0.5, 0.6) is 11.5 Å². The molecular weight excluding hydrogens is 502 g/mol. The Hall–Kier alpha value is -3.16. The van der Waals surface area contributed by atoms with Gasteiger partial charge in [0.2, 0.25) is 5.76 Å². The molecule has 0 unspecified atom stereocenters. The number of esters is 1. The quantitative estimate of drug-likeness (QED) is 0.286. The number of thioether (sulfide) groups is 1.